The van der Waals surface area contributed by atoms with E-state index >= 15 is 0 Å². The van der Waals surface area contributed by atoms with Gasteiger partial charge in [0, 0.05) is 0 Å². The molecule has 4 N–H and O–H groups in total. The van der Waals surface area contributed by atoms with Crippen molar-refractivity contribution >= 4 is 5.97 Å². The molecule has 1 rings (SSSR count). The van der Waals surface area contributed by atoms with Crippen LogP contribution in [0.25, 0.3) is 0 Å². The van der Waals surface area contributed by atoms with Crippen LogP contribution in [0.15, 0.2) is 30.3 Å². The number of rotatable bonds is 3. The quantitative estimate of drug-likeness (QED) is 0.445. The molecule has 0 bridgehead atoms. The van der Waals surface area contributed by atoms with E-state index < -0.39 is 12.0 Å². The van der Waals surface area contributed by atoms with E-state index in [1.807, 2.05) is 6.07 Å². The van der Waals surface area contributed by atoms with Crippen LogP contribution in [0, 0.1) is 0 Å². The first kappa shape index (κ1) is 8.70. The maximum atomic E-state index is 10.6. The SMILES string of the molecule is NN[C@H](C(=O)O)c1ccccc1. The van der Waals surface area contributed by atoms with Crippen LogP contribution in [0.4, 0.5) is 0 Å². The zero-order chi connectivity index (χ0) is 8.97. The highest BCUT2D eigenvalue weighted by atomic mass is 16.4. The monoisotopic (exact) mass is 166 g/mol. The van der Waals surface area contributed by atoms with Crippen LogP contribution >= 0.6 is 0 Å². The lowest BCUT2D eigenvalue weighted by Gasteiger charge is -2.09. The maximum Gasteiger partial charge on any atom is 0.326 e. The number of aliphatic carboxylic acids is 1. The highest BCUT2D eigenvalue weighted by molar-refractivity contribution is 5.75. The van der Waals surface area contributed by atoms with E-state index in [1.54, 1.807) is 24.3 Å². The molecular formula is C8H10N2O2. The second-order valence-corrected chi connectivity index (χ2v) is 2.35. The van der Waals surface area contributed by atoms with E-state index in [4.69, 9.17) is 10.9 Å². The van der Waals surface area contributed by atoms with Gasteiger partial charge in [-0.2, -0.15) is 0 Å². The summed E-state index contributed by atoms with van der Waals surface area (Å²) in [6, 6.07) is 7.94. The first-order valence-corrected chi connectivity index (χ1v) is 3.49. The van der Waals surface area contributed by atoms with Crippen LogP contribution in [-0.4, -0.2) is 11.1 Å². The summed E-state index contributed by atoms with van der Waals surface area (Å²) in [6.45, 7) is 0. The average Bonchev–Trinajstić information content (AvgIpc) is 2.07. The van der Waals surface area contributed by atoms with Crippen LogP contribution in [-0.2, 0) is 4.79 Å². The predicted molar refractivity (Wildman–Crippen MR) is 44.1 cm³/mol. The third-order valence-corrected chi connectivity index (χ3v) is 1.55. The average molecular weight is 166 g/mol. The van der Waals surface area contributed by atoms with Gasteiger partial charge in [0.05, 0.1) is 0 Å². The van der Waals surface area contributed by atoms with E-state index in [0.29, 0.717) is 5.56 Å². The fourth-order valence-corrected chi connectivity index (χ4v) is 0.956. The van der Waals surface area contributed by atoms with Gasteiger partial charge in [0.1, 0.15) is 6.04 Å². The van der Waals surface area contributed by atoms with Gasteiger partial charge >= 0.3 is 5.97 Å². The molecule has 4 nitrogen and oxygen atoms in total. The normalized spacial score (nSPS) is 12.4. The molecule has 0 saturated carbocycles. The molecule has 1 atom stereocenters. The van der Waals surface area contributed by atoms with Crippen molar-refractivity contribution in [2.24, 2.45) is 5.84 Å². The lowest BCUT2D eigenvalue weighted by atomic mass is 10.1. The van der Waals surface area contributed by atoms with Crippen molar-refractivity contribution in [3.05, 3.63) is 35.9 Å². The lowest BCUT2D eigenvalue weighted by molar-refractivity contribution is -0.139. The number of benzene rings is 1. The van der Waals surface area contributed by atoms with E-state index in [1.165, 1.54) is 0 Å². The summed E-state index contributed by atoms with van der Waals surface area (Å²) in [6.07, 6.45) is 0. The highest BCUT2D eigenvalue weighted by Gasteiger charge is 2.16. The summed E-state index contributed by atoms with van der Waals surface area (Å²) < 4.78 is 0. The Kier molecular flexibility index (Phi) is 2.79. The van der Waals surface area contributed by atoms with Crippen molar-refractivity contribution in [1.82, 2.24) is 5.43 Å². The van der Waals surface area contributed by atoms with Crippen molar-refractivity contribution in [2.75, 3.05) is 0 Å². The zero-order valence-corrected chi connectivity index (χ0v) is 6.40. The number of hydrogen-bond donors (Lipinski definition) is 3. The molecule has 0 amide bonds. The first-order valence-electron chi connectivity index (χ1n) is 3.49. The summed E-state index contributed by atoms with van der Waals surface area (Å²) >= 11 is 0. The molecule has 0 radical (unpaired) electrons. The minimum Gasteiger partial charge on any atom is -0.480 e. The molecule has 0 aliphatic heterocycles. The summed E-state index contributed by atoms with van der Waals surface area (Å²) in [4.78, 5) is 10.6. The van der Waals surface area contributed by atoms with Crippen LogP contribution in [0.2, 0.25) is 0 Å². The Hall–Kier alpha value is -1.39. The molecule has 1 aromatic carbocycles. The van der Waals surface area contributed by atoms with Crippen molar-refractivity contribution in [1.29, 1.82) is 0 Å². The standard InChI is InChI=1S/C8H10N2O2/c9-10-7(8(11)12)6-4-2-1-3-5-6/h1-5,7,10H,9H2,(H,11,12)/t7-/m0/s1. The fourth-order valence-electron chi connectivity index (χ4n) is 0.956. The molecule has 0 unspecified atom stereocenters. The Morgan fingerprint density at radius 1 is 1.42 bits per heavy atom. The van der Waals surface area contributed by atoms with Gasteiger partial charge < -0.3 is 5.11 Å². The molecule has 64 valence electrons. The molecule has 0 fully saturated rings. The highest BCUT2D eigenvalue weighted by Crippen LogP contribution is 2.10. The Bertz CT molecular complexity index is 261. The third kappa shape index (κ3) is 1.81. The first-order chi connectivity index (χ1) is 5.75. The van der Waals surface area contributed by atoms with Gasteiger partial charge in [-0.3, -0.25) is 10.6 Å². The maximum absolute atomic E-state index is 10.6. The lowest BCUT2D eigenvalue weighted by Crippen LogP contribution is -2.33. The van der Waals surface area contributed by atoms with E-state index in [9.17, 15) is 4.79 Å². The topological polar surface area (TPSA) is 75.3 Å². The predicted octanol–water partition coefficient (Wildman–Crippen LogP) is 0.276. The number of carbonyl (C=O) groups is 1. The molecule has 0 aromatic heterocycles. The molecule has 0 heterocycles. The van der Waals surface area contributed by atoms with Gasteiger partial charge in [-0.15, -0.1) is 0 Å². The third-order valence-electron chi connectivity index (χ3n) is 1.55. The second-order valence-electron chi connectivity index (χ2n) is 2.35. The van der Waals surface area contributed by atoms with Crippen molar-refractivity contribution in [2.45, 2.75) is 6.04 Å². The number of carboxylic acids is 1. The Balaban J connectivity index is 2.88. The largest absolute Gasteiger partial charge is 0.480 e. The molecule has 0 saturated heterocycles. The van der Waals surface area contributed by atoms with E-state index in [-0.39, 0.29) is 0 Å². The minimum atomic E-state index is -0.983. The van der Waals surface area contributed by atoms with Gasteiger partial charge in [0.2, 0.25) is 0 Å². The second kappa shape index (κ2) is 3.85. The number of nitrogens with two attached hydrogens (primary N) is 1. The number of nitrogens with one attached hydrogen (secondary N) is 1. The molecule has 1 aromatic rings. The fraction of sp³-hybridized carbons (Fsp3) is 0.125. The van der Waals surface area contributed by atoms with Crippen molar-refractivity contribution in [3.63, 3.8) is 0 Å². The van der Waals surface area contributed by atoms with Gasteiger partial charge in [-0.1, -0.05) is 30.3 Å². The molecule has 0 aliphatic rings. The van der Waals surface area contributed by atoms with Crippen LogP contribution in [0.1, 0.15) is 11.6 Å². The van der Waals surface area contributed by atoms with Gasteiger partial charge in [-0.05, 0) is 5.56 Å². The zero-order valence-electron chi connectivity index (χ0n) is 6.40. The van der Waals surface area contributed by atoms with E-state index in [2.05, 4.69) is 5.43 Å². The number of hydrogen-bond acceptors (Lipinski definition) is 3. The summed E-state index contributed by atoms with van der Waals surface area (Å²) in [7, 11) is 0. The molecule has 4 heteroatoms. The van der Waals surface area contributed by atoms with Gasteiger partial charge in [0.25, 0.3) is 0 Å². The summed E-state index contributed by atoms with van der Waals surface area (Å²) in [5.74, 6) is 4.09. The molecular weight excluding hydrogens is 156 g/mol. The summed E-state index contributed by atoms with van der Waals surface area (Å²) in [5, 5.41) is 8.68. The number of hydrazine groups is 1. The van der Waals surface area contributed by atoms with Crippen LogP contribution < -0.4 is 11.3 Å². The Morgan fingerprint density at radius 3 is 2.42 bits per heavy atom. The van der Waals surface area contributed by atoms with Crippen molar-refractivity contribution in [3.8, 4) is 0 Å². The van der Waals surface area contributed by atoms with Crippen LogP contribution in [0.3, 0.4) is 0 Å². The smallest absolute Gasteiger partial charge is 0.326 e. The Morgan fingerprint density at radius 2 is 2.00 bits per heavy atom. The van der Waals surface area contributed by atoms with Gasteiger partial charge in [-0.25, -0.2) is 5.43 Å². The van der Waals surface area contributed by atoms with Crippen LogP contribution in [0.5, 0.6) is 0 Å². The molecule has 0 spiro atoms. The summed E-state index contributed by atoms with van der Waals surface area (Å²) in [5.41, 5.74) is 2.86. The Labute approximate surface area is 70.0 Å². The van der Waals surface area contributed by atoms with Gasteiger partial charge in [0.15, 0.2) is 0 Å². The molecule has 0 aliphatic carbocycles. The number of carboxylic acid groups (broad SMARTS) is 1. The molecule has 12 heavy (non-hydrogen) atoms. The van der Waals surface area contributed by atoms with E-state index in [0.717, 1.165) is 0 Å². The minimum absolute atomic E-state index is 0.646. The van der Waals surface area contributed by atoms with Crippen molar-refractivity contribution < 1.29 is 9.90 Å².